The van der Waals surface area contributed by atoms with Gasteiger partial charge in [0.05, 0.1) is 7.11 Å². The lowest BCUT2D eigenvalue weighted by molar-refractivity contribution is -0.280. The summed E-state index contributed by atoms with van der Waals surface area (Å²) in [6.07, 6.45) is -0.636. The molecular weight excluding hydrogens is 304 g/mol. The highest BCUT2D eigenvalue weighted by molar-refractivity contribution is 5.96. The van der Waals surface area contributed by atoms with E-state index in [-0.39, 0.29) is 17.6 Å². The normalized spacial score (nSPS) is 12.7. The van der Waals surface area contributed by atoms with Crippen molar-refractivity contribution < 1.29 is 19.7 Å². The van der Waals surface area contributed by atoms with Crippen LogP contribution in [0.4, 0.5) is 0 Å². The molecule has 1 N–H and O–H groups in total. The van der Waals surface area contributed by atoms with Gasteiger partial charge in [0.1, 0.15) is 11.9 Å². The van der Waals surface area contributed by atoms with Crippen LogP contribution < -0.4 is 4.74 Å². The number of Topliss-reactive ketones (excluding diaryl/α,β-unsaturated/α-hetero) is 1. The second-order valence-corrected chi connectivity index (χ2v) is 6.82. The SMILES string of the molecule is COc1ccc(C(CC(=O)c2ccc(C(C)(C)C)cc2)OO)cc1. The van der Waals surface area contributed by atoms with Crippen molar-refractivity contribution in [2.75, 3.05) is 7.11 Å². The number of methoxy groups -OCH3 is 1. The zero-order chi connectivity index (χ0) is 17.7. The quantitative estimate of drug-likeness (QED) is 0.470. The second kappa shape index (κ2) is 7.60. The zero-order valence-electron chi connectivity index (χ0n) is 14.6. The molecule has 0 aliphatic rings. The maximum Gasteiger partial charge on any atom is 0.165 e. The Balaban J connectivity index is 2.11. The molecule has 0 aromatic heterocycles. The molecule has 0 aliphatic carbocycles. The van der Waals surface area contributed by atoms with Gasteiger partial charge in [0.15, 0.2) is 5.78 Å². The fourth-order valence-electron chi connectivity index (χ4n) is 2.48. The van der Waals surface area contributed by atoms with Crippen LogP contribution in [0.15, 0.2) is 48.5 Å². The van der Waals surface area contributed by atoms with Crippen LogP contribution in [0.25, 0.3) is 0 Å². The number of ketones is 1. The Labute approximate surface area is 143 Å². The Morgan fingerprint density at radius 3 is 2.08 bits per heavy atom. The highest BCUT2D eigenvalue weighted by Crippen LogP contribution is 2.26. The van der Waals surface area contributed by atoms with Crippen molar-refractivity contribution in [3.05, 3.63) is 65.2 Å². The van der Waals surface area contributed by atoms with Gasteiger partial charge in [0.25, 0.3) is 0 Å². The lowest BCUT2D eigenvalue weighted by Gasteiger charge is -2.19. The number of carbonyl (C=O) groups excluding carboxylic acids is 1. The molecule has 0 amide bonds. The summed E-state index contributed by atoms with van der Waals surface area (Å²) in [5.41, 5.74) is 2.54. The third kappa shape index (κ3) is 4.43. The molecule has 2 rings (SSSR count). The molecule has 2 aromatic rings. The van der Waals surface area contributed by atoms with E-state index in [0.29, 0.717) is 11.3 Å². The van der Waals surface area contributed by atoms with E-state index >= 15 is 0 Å². The van der Waals surface area contributed by atoms with Crippen LogP contribution in [-0.4, -0.2) is 18.2 Å². The van der Waals surface area contributed by atoms with Crippen LogP contribution in [0.5, 0.6) is 5.75 Å². The van der Waals surface area contributed by atoms with Crippen molar-refractivity contribution in [3.8, 4) is 5.75 Å². The summed E-state index contributed by atoms with van der Waals surface area (Å²) in [5.74, 6) is 0.630. The number of hydrogen-bond acceptors (Lipinski definition) is 4. The minimum absolute atomic E-state index is 0.0431. The second-order valence-electron chi connectivity index (χ2n) is 6.82. The summed E-state index contributed by atoms with van der Waals surface area (Å²) >= 11 is 0. The smallest absolute Gasteiger partial charge is 0.165 e. The lowest BCUT2D eigenvalue weighted by atomic mass is 9.86. The first-order valence-electron chi connectivity index (χ1n) is 7.93. The van der Waals surface area contributed by atoms with Gasteiger partial charge in [0, 0.05) is 12.0 Å². The van der Waals surface area contributed by atoms with E-state index in [2.05, 4.69) is 25.7 Å². The van der Waals surface area contributed by atoms with Gasteiger partial charge < -0.3 is 4.74 Å². The maximum absolute atomic E-state index is 12.5. The van der Waals surface area contributed by atoms with Crippen LogP contribution in [0.1, 0.15) is 54.8 Å². The topological polar surface area (TPSA) is 55.8 Å². The van der Waals surface area contributed by atoms with Crippen molar-refractivity contribution in [2.24, 2.45) is 0 Å². The van der Waals surface area contributed by atoms with Gasteiger partial charge >= 0.3 is 0 Å². The molecule has 2 aromatic carbocycles. The Morgan fingerprint density at radius 1 is 1.04 bits per heavy atom. The third-order valence-corrected chi connectivity index (χ3v) is 4.06. The van der Waals surface area contributed by atoms with Gasteiger partial charge in [-0.15, -0.1) is 0 Å². The van der Waals surface area contributed by atoms with Gasteiger partial charge in [-0.1, -0.05) is 57.2 Å². The van der Waals surface area contributed by atoms with Gasteiger partial charge in [-0.3, -0.25) is 10.1 Å². The van der Waals surface area contributed by atoms with E-state index in [1.807, 2.05) is 24.3 Å². The summed E-state index contributed by atoms with van der Waals surface area (Å²) in [5, 5.41) is 9.17. The largest absolute Gasteiger partial charge is 0.497 e. The van der Waals surface area contributed by atoms with Gasteiger partial charge in [-0.2, -0.15) is 0 Å². The summed E-state index contributed by atoms with van der Waals surface area (Å²) in [7, 11) is 1.58. The Bertz CT molecular complexity index is 666. The van der Waals surface area contributed by atoms with E-state index in [9.17, 15) is 4.79 Å². The number of benzene rings is 2. The molecule has 0 bridgehead atoms. The molecular formula is C20H24O4. The minimum Gasteiger partial charge on any atom is -0.497 e. The van der Waals surface area contributed by atoms with E-state index in [4.69, 9.17) is 9.99 Å². The molecule has 0 spiro atoms. The van der Waals surface area contributed by atoms with Crippen molar-refractivity contribution in [3.63, 3.8) is 0 Å². The first-order valence-corrected chi connectivity index (χ1v) is 7.93. The maximum atomic E-state index is 12.5. The zero-order valence-corrected chi connectivity index (χ0v) is 14.6. The molecule has 1 unspecified atom stereocenters. The Kier molecular flexibility index (Phi) is 5.75. The fourth-order valence-corrected chi connectivity index (χ4v) is 2.48. The van der Waals surface area contributed by atoms with E-state index in [0.717, 1.165) is 5.56 Å². The van der Waals surface area contributed by atoms with E-state index in [1.54, 1.807) is 31.4 Å². The first-order chi connectivity index (χ1) is 11.3. The van der Waals surface area contributed by atoms with Crippen molar-refractivity contribution in [1.82, 2.24) is 0 Å². The van der Waals surface area contributed by atoms with Crippen LogP contribution in [-0.2, 0) is 10.3 Å². The number of ether oxygens (including phenoxy) is 1. The summed E-state index contributed by atoms with van der Waals surface area (Å²) in [4.78, 5) is 17.0. The van der Waals surface area contributed by atoms with E-state index in [1.165, 1.54) is 5.56 Å². The predicted octanol–water partition coefficient (Wildman–Crippen LogP) is 4.80. The van der Waals surface area contributed by atoms with Crippen molar-refractivity contribution in [1.29, 1.82) is 0 Å². The summed E-state index contributed by atoms with van der Waals surface area (Å²) < 4.78 is 5.10. The highest BCUT2D eigenvalue weighted by atomic mass is 17.1. The van der Waals surface area contributed by atoms with Crippen LogP contribution in [0.3, 0.4) is 0 Å². The molecule has 4 nitrogen and oxygen atoms in total. The molecule has 24 heavy (non-hydrogen) atoms. The van der Waals surface area contributed by atoms with Crippen LogP contribution >= 0.6 is 0 Å². The molecule has 0 saturated carbocycles. The summed E-state index contributed by atoms with van der Waals surface area (Å²) in [6.45, 7) is 6.38. The number of carbonyl (C=O) groups is 1. The minimum atomic E-state index is -0.703. The molecule has 0 radical (unpaired) electrons. The van der Waals surface area contributed by atoms with Gasteiger partial charge in [-0.05, 0) is 28.7 Å². The van der Waals surface area contributed by atoms with Gasteiger partial charge in [0.2, 0.25) is 0 Å². The van der Waals surface area contributed by atoms with Gasteiger partial charge in [-0.25, -0.2) is 4.89 Å². The Morgan fingerprint density at radius 2 is 1.62 bits per heavy atom. The molecule has 1 atom stereocenters. The van der Waals surface area contributed by atoms with E-state index < -0.39 is 6.10 Å². The third-order valence-electron chi connectivity index (χ3n) is 4.06. The molecule has 128 valence electrons. The highest BCUT2D eigenvalue weighted by Gasteiger charge is 2.19. The molecule has 0 heterocycles. The molecule has 0 saturated heterocycles. The number of rotatable bonds is 6. The summed E-state index contributed by atoms with van der Waals surface area (Å²) in [6, 6.07) is 14.7. The predicted molar refractivity (Wildman–Crippen MR) is 93.5 cm³/mol. The van der Waals surface area contributed by atoms with Crippen molar-refractivity contribution in [2.45, 2.75) is 38.7 Å². The monoisotopic (exact) mass is 328 g/mol. The van der Waals surface area contributed by atoms with Crippen LogP contribution in [0, 0.1) is 0 Å². The average Bonchev–Trinajstić information content (AvgIpc) is 2.59. The molecule has 0 fully saturated rings. The fraction of sp³-hybridized carbons (Fsp3) is 0.350. The molecule has 4 heteroatoms. The average molecular weight is 328 g/mol. The number of hydrogen-bond donors (Lipinski definition) is 1. The molecule has 0 aliphatic heterocycles. The standard InChI is InChI=1S/C20H24O4/c1-20(2,3)16-9-5-14(6-10-16)18(21)13-19(24-22)15-7-11-17(23-4)12-8-15/h5-12,19,22H,13H2,1-4H3. The Hall–Kier alpha value is -2.17. The lowest BCUT2D eigenvalue weighted by Crippen LogP contribution is -2.12. The van der Waals surface area contributed by atoms with Crippen LogP contribution in [0.2, 0.25) is 0 Å². The first kappa shape index (κ1) is 18.2. The van der Waals surface area contributed by atoms with Crippen molar-refractivity contribution >= 4 is 5.78 Å².